The summed E-state index contributed by atoms with van der Waals surface area (Å²) in [6.07, 6.45) is -0.721. The number of hydrogen-bond donors (Lipinski definition) is 2. The Morgan fingerprint density at radius 3 is 2.55 bits per heavy atom. The molecule has 0 amide bonds. The van der Waals surface area contributed by atoms with E-state index in [0.29, 0.717) is 11.4 Å². The smallest absolute Gasteiger partial charge is 0.167 e. The van der Waals surface area contributed by atoms with Crippen molar-refractivity contribution >= 4 is 5.82 Å². The van der Waals surface area contributed by atoms with Crippen LogP contribution in [0.2, 0.25) is 0 Å². The molecule has 0 unspecified atom stereocenters. The van der Waals surface area contributed by atoms with Gasteiger partial charge in [-0.05, 0) is 37.1 Å². The Bertz CT molecular complexity index is 693. The van der Waals surface area contributed by atoms with Crippen LogP contribution >= 0.6 is 0 Å². The third kappa shape index (κ3) is 3.32. The fourth-order valence-electron chi connectivity index (χ4n) is 2.01. The van der Waals surface area contributed by atoms with Gasteiger partial charge in [-0.1, -0.05) is 12.1 Å². The number of aliphatic hydroxyl groups is 1. The monoisotopic (exact) mass is 298 g/mol. The van der Waals surface area contributed by atoms with Crippen molar-refractivity contribution in [1.82, 2.24) is 10.2 Å². The molecule has 0 aliphatic rings. The lowest BCUT2D eigenvalue weighted by Crippen LogP contribution is -2.15. The molecule has 0 aliphatic heterocycles. The van der Waals surface area contributed by atoms with Gasteiger partial charge in [-0.3, -0.25) is 0 Å². The van der Waals surface area contributed by atoms with E-state index < -0.39 is 6.10 Å². The summed E-state index contributed by atoms with van der Waals surface area (Å²) in [6.45, 7) is 3.87. The van der Waals surface area contributed by atoms with Crippen LogP contribution in [-0.4, -0.2) is 29.0 Å². The lowest BCUT2D eigenvalue weighted by atomic mass is 10.1. The van der Waals surface area contributed by atoms with E-state index in [1.165, 1.54) is 0 Å². The summed E-state index contributed by atoms with van der Waals surface area (Å²) in [4.78, 5) is 0. The van der Waals surface area contributed by atoms with Crippen LogP contribution in [0.25, 0.3) is 0 Å². The number of nitriles is 1. The topological polar surface area (TPSA) is 91.1 Å². The van der Waals surface area contributed by atoms with Crippen molar-refractivity contribution in [3.63, 3.8) is 0 Å². The minimum Gasteiger partial charge on any atom is -0.497 e. The fraction of sp³-hybridized carbons (Fsp3) is 0.312. The minimum absolute atomic E-state index is 0.234. The molecule has 0 saturated carbocycles. The van der Waals surface area contributed by atoms with Gasteiger partial charge in [0.1, 0.15) is 17.4 Å². The predicted molar refractivity (Wildman–Crippen MR) is 82.7 cm³/mol. The van der Waals surface area contributed by atoms with Crippen molar-refractivity contribution in [3.05, 3.63) is 46.6 Å². The normalized spacial score (nSPS) is 11.6. The van der Waals surface area contributed by atoms with E-state index in [1.807, 2.05) is 6.92 Å². The molecule has 0 bridgehead atoms. The Hall–Kier alpha value is -2.65. The predicted octanol–water partition coefficient (Wildman–Crippen LogP) is 2.12. The molecule has 0 radical (unpaired) electrons. The lowest BCUT2D eigenvalue weighted by Gasteiger charge is -2.14. The minimum atomic E-state index is -0.721. The van der Waals surface area contributed by atoms with Crippen LogP contribution in [0.1, 0.15) is 28.5 Å². The first-order valence-corrected chi connectivity index (χ1v) is 6.86. The summed E-state index contributed by atoms with van der Waals surface area (Å²) >= 11 is 0. The first-order valence-electron chi connectivity index (χ1n) is 6.86. The third-order valence-electron chi connectivity index (χ3n) is 3.53. The summed E-state index contributed by atoms with van der Waals surface area (Å²) < 4.78 is 5.08. The number of benzene rings is 1. The number of ether oxygens (including phenoxy) is 1. The summed E-state index contributed by atoms with van der Waals surface area (Å²) in [5.74, 6) is 1.12. The van der Waals surface area contributed by atoms with Gasteiger partial charge >= 0.3 is 0 Å². The van der Waals surface area contributed by atoms with Crippen molar-refractivity contribution in [2.24, 2.45) is 0 Å². The molecule has 1 heterocycles. The van der Waals surface area contributed by atoms with Gasteiger partial charge in [0.25, 0.3) is 0 Å². The number of rotatable bonds is 5. The maximum Gasteiger partial charge on any atom is 0.167 e. The quantitative estimate of drug-likeness (QED) is 0.878. The van der Waals surface area contributed by atoms with E-state index in [-0.39, 0.29) is 6.54 Å². The third-order valence-corrected chi connectivity index (χ3v) is 3.53. The van der Waals surface area contributed by atoms with Crippen LogP contribution < -0.4 is 10.1 Å². The standard InChI is InChI=1S/C16H18N4O2/c1-10-11(2)19-20-16(14(10)8-17)18-9-15(21)12-4-6-13(22-3)7-5-12/h4-7,15,21H,9H2,1-3H3,(H,18,20)/t15-/m0/s1. The Labute approximate surface area is 129 Å². The van der Waals surface area contributed by atoms with E-state index in [1.54, 1.807) is 38.3 Å². The van der Waals surface area contributed by atoms with E-state index in [0.717, 1.165) is 22.6 Å². The summed E-state index contributed by atoms with van der Waals surface area (Å²) in [5, 5.41) is 30.4. The molecular formula is C16H18N4O2. The Morgan fingerprint density at radius 1 is 1.27 bits per heavy atom. The van der Waals surface area contributed by atoms with Crippen molar-refractivity contribution < 1.29 is 9.84 Å². The Balaban J connectivity index is 2.09. The molecule has 1 atom stereocenters. The molecule has 0 aliphatic carbocycles. The summed E-state index contributed by atoms with van der Waals surface area (Å²) in [5.41, 5.74) is 2.72. The van der Waals surface area contributed by atoms with Crippen LogP contribution in [0.5, 0.6) is 5.75 Å². The highest BCUT2D eigenvalue weighted by Crippen LogP contribution is 2.20. The van der Waals surface area contributed by atoms with Gasteiger partial charge in [-0.15, -0.1) is 5.10 Å². The highest BCUT2D eigenvalue weighted by atomic mass is 16.5. The number of aryl methyl sites for hydroxylation is 1. The maximum absolute atomic E-state index is 10.2. The Kier molecular flexibility index (Phi) is 4.92. The van der Waals surface area contributed by atoms with Crippen LogP contribution in [0.3, 0.4) is 0 Å². The zero-order chi connectivity index (χ0) is 16.1. The van der Waals surface area contributed by atoms with Gasteiger partial charge in [0.05, 0.1) is 18.9 Å². The molecule has 6 nitrogen and oxygen atoms in total. The zero-order valence-electron chi connectivity index (χ0n) is 12.8. The average molecular weight is 298 g/mol. The number of aliphatic hydroxyl groups excluding tert-OH is 1. The van der Waals surface area contributed by atoms with Gasteiger partial charge in [0.2, 0.25) is 0 Å². The first-order chi connectivity index (χ1) is 10.6. The number of nitrogens with one attached hydrogen (secondary N) is 1. The molecule has 0 fully saturated rings. The molecule has 2 rings (SSSR count). The fourth-order valence-corrected chi connectivity index (χ4v) is 2.01. The van der Waals surface area contributed by atoms with Crippen LogP contribution in [-0.2, 0) is 0 Å². The molecule has 2 aromatic rings. The van der Waals surface area contributed by atoms with Gasteiger partial charge in [-0.2, -0.15) is 10.4 Å². The highest BCUT2D eigenvalue weighted by Gasteiger charge is 2.13. The average Bonchev–Trinajstić information content (AvgIpc) is 2.55. The van der Waals surface area contributed by atoms with Crippen molar-refractivity contribution in [1.29, 1.82) is 5.26 Å². The van der Waals surface area contributed by atoms with Gasteiger partial charge < -0.3 is 15.2 Å². The van der Waals surface area contributed by atoms with Gasteiger partial charge in [0, 0.05) is 6.54 Å². The first kappa shape index (κ1) is 15.7. The number of anilines is 1. The molecule has 2 N–H and O–H groups in total. The molecule has 114 valence electrons. The van der Waals surface area contributed by atoms with Crippen molar-refractivity contribution in [2.45, 2.75) is 20.0 Å². The molecule has 1 aromatic heterocycles. The van der Waals surface area contributed by atoms with E-state index >= 15 is 0 Å². The Morgan fingerprint density at radius 2 is 1.95 bits per heavy atom. The largest absolute Gasteiger partial charge is 0.497 e. The summed E-state index contributed by atoms with van der Waals surface area (Å²) in [7, 11) is 1.59. The van der Waals surface area contributed by atoms with E-state index in [2.05, 4.69) is 21.6 Å². The van der Waals surface area contributed by atoms with Gasteiger partial charge in [0.15, 0.2) is 5.82 Å². The SMILES string of the molecule is COc1ccc([C@@H](O)CNc2nnc(C)c(C)c2C#N)cc1. The van der Waals surface area contributed by atoms with E-state index in [4.69, 9.17) is 4.74 Å². The number of methoxy groups -OCH3 is 1. The van der Waals surface area contributed by atoms with Crippen molar-refractivity contribution in [3.8, 4) is 11.8 Å². The zero-order valence-corrected chi connectivity index (χ0v) is 12.8. The van der Waals surface area contributed by atoms with Crippen LogP contribution in [0, 0.1) is 25.2 Å². The number of aromatic nitrogens is 2. The summed E-state index contributed by atoms with van der Waals surface area (Å²) in [6, 6.07) is 9.28. The maximum atomic E-state index is 10.2. The van der Waals surface area contributed by atoms with Crippen LogP contribution in [0.4, 0.5) is 5.82 Å². The van der Waals surface area contributed by atoms with Gasteiger partial charge in [-0.25, -0.2) is 0 Å². The lowest BCUT2D eigenvalue weighted by molar-refractivity contribution is 0.191. The molecule has 6 heteroatoms. The van der Waals surface area contributed by atoms with Crippen LogP contribution in [0.15, 0.2) is 24.3 Å². The second-order valence-corrected chi connectivity index (χ2v) is 4.92. The molecule has 1 aromatic carbocycles. The molecule has 22 heavy (non-hydrogen) atoms. The number of nitrogens with zero attached hydrogens (tertiary/aromatic N) is 3. The highest BCUT2D eigenvalue weighted by molar-refractivity contribution is 5.55. The second kappa shape index (κ2) is 6.87. The van der Waals surface area contributed by atoms with Crippen molar-refractivity contribution in [2.75, 3.05) is 19.0 Å². The molecular weight excluding hydrogens is 280 g/mol. The number of hydrogen-bond acceptors (Lipinski definition) is 6. The van der Waals surface area contributed by atoms with E-state index in [9.17, 15) is 10.4 Å². The second-order valence-electron chi connectivity index (χ2n) is 4.92. The molecule has 0 spiro atoms. The molecule has 0 saturated heterocycles.